The fourth-order valence-corrected chi connectivity index (χ4v) is 3.25. The lowest BCUT2D eigenvalue weighted by molar-refractivity contribution is -0.117. The molecular weight excluding hydrogens is 368 g/mol. The van der Waals surface area contributed by atoms with Crippen molar-refractivity contribution in [3.63, 3.8) is 0 Å². The maximum absolute atomic E-state index is 12.5. The van der Waals surface area contributed by atoms with E-state index in [-0.39, 0.29) is 11.8 Å². The lowest BCUT2D eigenvalue weighted by Crippen LogP contribution is -2.24. The number of carbonyl (C=O) groups excluding carboxylic acids is 2. The number of methoxy groups -OCH3 is 1. The van der Waals surface area contributed by atoms with Gasteiger partial charge < -0.3 is 19.7 Å². The quantitative estimate of drug-likeness (QED) is 0.652. The Bertz CT molecular complexity index is 848. The summed E-state index contributed by atoms with van der Waals surface area (Å²) < 4.78 is 11.1. The number of nitrogens with zero attached hydrogens (tertiary/aromatic N) is 1. The summed E-state index contributed by atoms with van der Waals surface area (Å²) in [5, 5.41) is 2.92. The standard InChI is InChI=1S/C23H28N2O4/c1-3-4-14-29-20-12-9-18(15-21(20)28-2)23(27)24-16-17-7-10-19(11-8-17)25-13-5-6-22(25)26/h7-12,15H,3-6,13-14,16H2,1-2H3,(H,24,27). The maximum Gasteiger partial charge on any atom is 0.251 e. The number of ether oxygens (including phenoxy) is 2. The molecule has 6 nitrogen and oxygen atoms in total. The van der Waals surface area contributed by atoms with Crippen molar-refractivity contribution in [2.45, 2.75) is 39.2 Å². The van der Waals surface area contributed by atoms with Gasteiger partial charge in [0.25, 0.3) is 5.91 Å². The third-order valence-corrected chi connectivity index (χ3v) is 4.96. The van der Waals surface area contributed by atoms with E-state index < -0.39 is 0 Å². The number of hydrogen-bond acceptors (Lipinski definition) is 4. The largest absolute Gasteiger partial charge is 0.493 e. The normalized spacial score (nSPS) is 13.4. The molecule has 154 valence electrons. The lowest BCUT2D eigenvalue weighted by atomic mass is 10.1. The summed E-state index contributed by atoms with van der Waals surface area (Å²) in [6.45, 7) is 3.91. The predicted octanol–water partition coefficient (Wildman–Crippen LogP) is 3.93. The van der Waals surface area contributed by atoms with Gasteiger partial charge in [-0.15, -0.1) is 0 Å². The molecular formula is C23H28N2O4. The molecule has 1 aliphatic heterocycles. The van der Waals surface area contributed by atoms with Crippen LogP contribution in [0.5, 0.6) is 11.5 Å². The number of benzene rings is 2. The van der Waals surface area contributed by atoms with E-state index in [0.717, 1.165) is 37.1 Å². The predicted molar refractivity (Wildman–Crippen MR) is 113 cm³/mol. The summed E-state index contributed by atoms with van der Waals surface area (Å²) in [7, 11) is 1.57. The molecule has 0 unspecified atom stereocenters. The van der Waals surface area contributed by atoms with Crippen LogP contribution in [0.15, 0.2) is 42.5 Å². The van der Waals surface area contributed by atoms with E-state index in [1.165, 1.54) is 0 Å². The molecule has 0 aliphatic carbocycles. The van der Waals surface area contributed by atoms with Gasteiger partial charge in [-0.05, 0) is 48.7 Å². The van der Waals surface area contributed by atoms with Crippen molar-refractivity contribution in [1.82, 2.24) is 5.32 Å². The molecule has 2 aromatic rings. The average molecular weight is 396 g/mol. The van der Waals surface area contributed by atoms with Crippen LogP contribution in [-0.4, -0.2) is 32.1 Å². The van der Waals surface area contributed by atoms with Crippen molar-refractivity contribution in [3.8, 4) is 11.5 Å². The monoisotopic (exact) mass is 396 g/mol. The van der Waals surface area contributed by atoms with E-state index in [4.69, 9.17) is 9.47 Å². The molecule has 6 heteroatoms. The molecule has 0 spiro atoms. The van der Waals surface area contributed by atoms with Crippen LogP contribution >= 0.6 is 0 Å². The number of hydrogen-bond donors (Lipinski definition) is 1. The van der Waals surface area contributed by atoms with Gasteiger partial charge in [0.2, 0.25) is 5.91 Å². The summed E-state index contributed by atoms with van der Waals surface area (Å²) >= 11 is 0. The van der Waals surface area contributed by atoms with Crippen molar-refractivity contribution in [2.24, 2.45) is 0 Å². The second-order valence-corrected chi connectivity index (χ2v) is 7.07. The number of unbranched alkanes of at least 4 members (excludes halogenated alkanes) is 1. The van der Waals surface area contributed by atoms with Gasteiger partial charge in [0.05, 0.1) is 13.7 Å². The highest BCUT2D eigenvalue weighted by Gasteiger charge is 2.21. The summed E-state index contributed by atoms with van der Waals surface area (Å²) in [5.41, 5.74) is 2.40. The van der Waals surface area contributed by atoms with Crippen LogP contribution in [0.25, 0.3) is 0 Å². The zero-order valence-corrected chi connectivity index (χ0v) is 17.1. The highest BCUT2D eigenvalue weighted by Crippen LogP contribution is 2.28. The first kappa shape index (κ1) is 20.7. The van der Waals surface area contributed by atoms with Crippen molar-refractivity contribution >= 4 is 17.5 Å². The minimum absolute atomic E-state index is 0.169. The Hall–Kier alpha value is -3.02. The van der Waals surface area contributed by atoms with E-state index in [0.29, 0.717) is 36.6 Å². The van der Waals surface area contributed by atoms with E-state index >= 15 is 0 Å². The number of amides is 2. The molecule has 0 atom stereocenters. The topological polar surface area (TPSA) is 67.9 Å². The SMILES string of the molecule is CCCCOc1ccc(C(=O)NCc2ccc(N3CCCC3=O)cc2)cc1OC. The molecule has 0 radical (unpaired) electrons. The molecule has 1 fully saturated rings. The Morgan fingerprint density at radius 1 is 1.14 bits per heavy atom. The van der Waals surface area contributed by atoms with Crippen LogP contribution in [-0.2, 0) is 11.3 Å². The van der Waals surface area contributed by atoms with Crippen LogP contribution in [0.1, 0.15) is 48.5 Å². The third kappa shape index (κ3) is 5.28. The van der Waals surface area contributed by atoms with E-state index in [1.807, 2.05) is 24.3 Å². The average Bonchev–Trinajstić information content (AvgIpc) is 3.18. The minimum Gasteiger partial charge on any atom is -0.493 e. The Balaban J connectivity index is 1.58. The number of carbonyl (C=O) groups is 2. The van der Waals surface area contributed by atoms with Gasteiger partial charge in [-0.1, -0.05) is 25.5 Å². The summed E-state index contributed by atoms with van der Waals surface area (Å²) in [4.78, 5) is 26.2. The zero-order chi connectivity index (χ0) is 20.6. The molecule has 0 bridgehead atoms. The van der Waals surface area contributed by atoms with Gasteiger partial charge in [-0.3, -0.25) is 9.59 Å². The first-order valence-corrected chi connectivity index (χ1v) is 10.1. The molecule has 0 aromatic heterocycles. The smallest absolute Gasteiger partial charge is 0.251 e. The Labute approximate surface area is 171 Å². The zero-order valence-electron chi connectivity index (χ0n) is 17.1. The number of anilines is 1. The molecule has 1 saturated heterocycles. The van der Waals surface area contributed by atoms with E-state index in [9.17, 15) is 9.59 Å². The molecule has 1 aliphatic rings. The van der Waals surface area contributed by atoms with Crippen molar-refractivity contribution in [2.75, 3.05) is 25.2 Å². The fourth-order valence-electron chi connectivity index (χ4n) is 3.25. The van der Waals surface area contributed by atoms with Gasteiger partial charge in [-0.2, -0.15) is 0 Å². The van der Waals surface area contributed by atoms with Gasteiger partial charge in [0, 0.05) is 30.8 Å². The summed E-state index contributed by atoms with van der Waals surface area (Å²) in [6.07, 6.45) is 3.54. The van der Waals surface area contributed by atoms with Crippen LogP contribution in [0.4, 0.5) is 5.69 Å². The Morgan fingerprint density at radius 3 is 2.59 bits per heavy atom. The van der Waals surface area contributed by atoms with Crippen LogP contribution in [0.2, 0.25) is 0 Å². The lowest BCUT2D eigenvalue weighted by Gasteiger charge is -2.16. The van der Waals surface area contributed by atoms with E-state index in [2.05, 4.69) is 12.2 Å². The molecule has 2 amide bonds. The second-order valence-electron chi connectivity index (χ2n) is 7.07. The molecule has 3 rings (SSSR count). The summed E-state index contributed by atoms with van der Waals surface area (Å²) in [5.74, 6) is 1.18. The number of rotatable bonds is 9. The third-order valence-electron chi connectivity index (χ3n) is 4.96. The molecule has 1 heterocycles. The fraction of sp³-hybridized carbons (Fsp3) is 0.391. The van der Waals surface area contributed by atoms with Gasteiger partial charge in [0.15, 0.2) is 11.5 Å². The van der Waals surface area contributed by atoms with Crippen molar-refractivity contribution < 1.29 is 19.1 Å². The first-order valence-electron chi connectivity index (χ1n) is 10.1. The molecule has 0 saturated carbocycles. The van der Waals surface area contributed by atoms with Crippen LogP contribution in [0.3, 0.4) is 0 Å². The highest BCUT2D eigenvalue weighted by atomic mass is 16.5. The maximum atomic E-state index is 12.5. The van der Waals surface area contributed by atoms with Crippen LogP contribution < -0.4 is 19.7 Å². The van der Waals surface area contributed by atoms with Gasteiger partial charge in [0.1, 0.15) is 0 Å². The van der Waals surface area contributed by atoms with Crippen molar-refractivity contribution in [1.29, 1.82) is 0 Å². The van der Waals surface area contributed by atoms with Gasteiger partial charge >= 0.3 is 0 Å². The second kappa shape index (κ2) is 9.96. The number of nitrogens with one attached hydrogen (secondary N) is 1. The van der Waals surface area contributed by atoms with Crippen molar-refractivity contribution in [3.05, 3.63) is 53.6 Å². The van der Waals surface area contributed by atoms with E-state index in [1.54, 1.807) is 30.2 Å². The van der Waals surface area contributed by atoms with Gasteiger partial charge in [-0.25, -0.2) is 0 Å². The highest BCUT2D eigenvalue weighted by molar-refractivity contribution is 5.95. The Morgan fingerprint density at radius 2 is 1.93 bits per heavy atom. The minimum atomic E-state index is -0.179. The first-order chi connectivity index (χ1) is 14.1. The molecule has 1 N–H and O–H groups in total. The Kier molecular flexibility index (Phi) is 7.11. The van der Waals surface area contributed by atoms with Crippen LogP contribution in [0, 0.1) is 0 Å². The molecule has 29 heavy (non-hydrogen) atoms. The molecule has 2 aromatic carbocycles. The summed E-state index contributed by atoms with van der Waals surface area (Å²) in [6, 6.07) is 12.9.